The molecule has 0 aromatic heterocycles. The van der Waals surface area contributed by atoms with Crippen LogP contribution >= 0.6 is 0 Å². The highest BCUT2D eigenvalue weighted by atomic mass is 16.1. The Bertz CT molecular complexity index is 1230. The van der Waals surface area contributed by atoms with Crippen LogP contribution in [0.3, 0.4) is 0 Å². The Hall–Kier alpha value is -3.68. The van der Waals surface area contributed by atoms with E-state index in [4.69, 9.17) is 0 Å². The number of nitrogens with one attached hydrogen (secondary N) is 1. The highest BCUT2D eigenvalue weighted by Gasteiger charge is 2.22. The van der Waals surface area contributed by atoms with Gasteiger partial charge in [0.1, 0.15) is 0 Å². The fourth-order valence-corrected chi connectivity index (χ4v) is 4.88. The van der Waals surface area contributed by atoms with Gasteiger partial charge in [-0.2, -0.15) is 5.26 Å². The van der Waals surface area contributed by atoms with Crippen LogP contribution in [0.25, 0.3) is 16.7 Å². The predicted octanol–water partition coefficient (Wildman–Crippen LogP) is 5.93. The monoisotopic (exact) mass is 433 g/mol. The second-order valence-corrected chi connectivity index (χ2v) is 8.84. The van der Waals surface area contributed by atoms with Crippen LogP contribution in [0.5, 0.6) is 0 Å². The van der Waals surface area contributed by atoms with Gasteiger partial charge in [0.15, 0.2) is 0 Å². The molecule has 5 rings (SSSR count). The molecule has 1 aliphatic carbocycles. The van der Waals surface area contributed by atoms with Gasteiger partial charge in [0.25, 0.3) is 5.91 Å². The van der Waals surface area contributed by atoms with Crippen molar-refractivity contribution in [2.75, 3.05) is 25.0 Å². The van der Waals surface area contributed by atoms with Gasteiger partial charge >= 0.3 is 0 Å². The van der Waals surface area contributed by atoms with Crippen molar-refractivity contribution >= 4 is 17.2 Å². The molecule has 0 bridgehead atoms. The minimum Gasteiger partial charge on any atom is -0.322 e. The number of aryl methyl sites for hydroxylation is 1. The van der Waals surface area contributed by atoms with Crippen molar-refractivity contribution in [3.05, 3.63) is 95.1 Å². The molecule has 0 radical (unpaired) electrons. The van der Waals surface area contributed by atoms with Crippen LogP contribution in [0.1, 0.15) is 40.7 Å². The molecular weight excluding hydrogens is 406 g/mol. The first-order valence-corrected chi connectivity index (χ1v) is 11.7. The standard InChI is InChI=1S/C29H27N3O/c30-19-28-25(20-32-16-4-5-17-32)13-12-24-18-26(14-15-27(24)28)31-29(33)23-10-8-22(9-11-23)21-6-2-1-3-7-21/h1-3,6-11,14-15,18H,4-5,12-13,16-17,20H2,(H,31,33). The smallest absolute Gasteiger partial charge is 0.255 e. The van der Waals surface area contributed by atoms with E-state index in [1.807, 2.05) is 60.7 Å². The normalized spacial score (nSPS) is 15.7. The van der Waals surface area contributed by atoms with Crippen LogP contribution in [0.2, 0.25) is 0 Å². The van der Waals surface area contributed by atoms with Gasteiger partial charge in [0.05, 0.1) is 11.6 Å². The summed E-state index contributed by atoms with van der Waals surface area (Å²) in [4.78, 5) is 15.3. The third-order valence-corrected chi connectivity index (χ3v) is 6.66. The minimum absolute atomic E-state index is 0.129. The molecule has 2 aliphatic rings. The van der Waals surface area contributed by atoms with E-state index in [0.29, 0.717) is 5.56 Å². The summed E-state index contributed by atoms with van der Waals surface area (Å²) in [6.45, 7) is 3.17. The first-order valence-electron chi connectivity index (χ1n) is 11.7. The third-order valence-electron chi connectivity index (χ3n) is 6.66. The molecule has 1 heterocycles. The fraction of sp³-hybridized carbons (Fsp3) is 0.241. The number of fused-ring (bicyclic) bond motifs is 1. The molecule has 3 aromatic rings. The van der Waals surface area contributed by atoms with E-state index >= 15 is 0 Å². The fourth-order valence-electron chi connectivity index (χ4n) is 4.88. The maximum atomic E-state index is 12.8. The third kappa shape index (κ3) is 4.60. The summed E-state index contributed by atoms with van der Waals surface area (Å²) in [6, 6.07) is 26.2. The van der Waals surface area contributed by atoms with E-state index in [1.54, 1.807) is 0 Å². The SMILES string of the molecule is N#CC1=C(CN2CCCC2)CCc2cc(NC(=O)c3ccc(-c4ccccc4)cc3)ccc21. The Labute approximate surface area is 195 Å². The highest BCUT2D eigenvalue weighted by molar-refractivity contribution is 6.04. The van der Waals surface area contributed by atoms with Gasteiger partial charge in [-0.3, -0.25) is 9.69 Å². The topological polar surface area (TPSA) is 56.1 Å². The molecule has 0 saturated carbocycles. The lowest BCUT2D eigenvalue weighted by Gasteiger charge is -2.24. The Morgan fingerprint density at radius 1 is 0.909 bits per heavy atom. The number of nitrogens with zero attached hydrogens (tertiary/aromatic N) is 2. The molecule has 164 valence electrons. The highest BCUT2D eigenvalue weighted by Crippen LogP contribution is 2.33. The summed E-state index contributed by atoms with van der Waals surface area (Å²) in [5, 5.41) is 12.9. The number of nitriles is 1. The second kappa shape index (κ2) is 9.44. The summed E-state index contributed by atoms with van der Waals surface area (Å²) in [5.41, 5.74) is 7.83. The average molecular weight is 434 g/mol. The van der Waals surface area contributed by atoms with E-state index in [1.165, 1.54) is 18.4 Å². The van der Waals surface area contributed by atoms with Crippen LogP contribution in [0, 0.1) is 11.3 Å². The summed E-state index contributed by atoms with van der Waals surface area (Å²) in [6.07, 6.45) is 4.32. The van der Waals surface area contributed by atoms with Crippen LogP contribution in [0.15, 0.2) is 78.4 Å². The molecule has 0 unspecified atom stereocenters. The van der Waals surface area contributed by atoms with Crippen LogP contribution in [-0.2, 0) is 6.42 Å². The maximum absolute atomic E-state index is 12.8. The number of likely N-dealkylation sites (tertiary alicyclic amines) is 1. The first-order chi connectivity index (χ1) is 16.2. The number of rotatable bonds is 5. The van der Waals surface area contributed by atoms with Crippen molar-refractivity contribution in [3.63, 3.8) is 0 Å². The molecule has 1 aliphatic heterocycles. The molecule has 1 N–H and O–H groups in total. The lowest BCUT2D eigenvalue weighted by Crippen LogP contribution is -2.24. The van der Waals surface area contributed by atoms with Crippen LogP contribution in [-0.4, -0.2) is 30.4 Å². The molecule has 1 fully saturated rings. The molecule has 4 heteroatoms. The second-order valence-electron chi connectivity index (χ2n) is 8.84. The molecule has 1 saturated heterocycles. The van der Waals surface area contributed by atoms with E-state index in [0.717, 1.165) is 66.0 Å². The Morgan fingerprint density at radius 3 is 2.36 bits per heavy atom. The lowest BCUT2D eigenvalue weighted by atomic mass is 9.85. The number of carbonyl (C=O) groups excluding carboxylic acids is 1. The number of anilines is 1. The molecule has 1 amide bonds. The van der Waals surface area contributed by atoms with Crippen molar-refractivity contribution in [1.29, 1.82) is 5.26 Å². The number of amides is 1. The Balaban J connectivity index is 1.31. The Morgan fingerprint density at radius 2 is 1.64 bits per heavy atom. The van der Waals surface area contributed by atoms with Crippen LogP contribution in [0.4, 0.5) is 5.69 Å². The largest absolute Gasteiger partial charge is 0.322 e. The zero-order valence-electron chi connectivity index (χ0n) is 18.7. The zero-order valence-corrected chi connectivity index (χ0v) is 18.7. The van der Waals surface area contributed by atoms with E-state index in [2.05, 4.69) is 28.4 Å². The first kappa shape index (κ1) is 21.2. The van der Waals surface area contributed by atoms with Gasteiger partial charge in [-0.25, -0.2) is 0 Å². The summed E-state index contributed by atoms with van der Waals surface area (Å²) in [7, 11) is 0. The van der Waals surface area contributed by atoms with Crippen molar-refractivity contribution < 1.29 is 4.79 Å². The van der Waals surface area contributed by atoms with Crippen LogP contribution < -0.4 is 5.32 Å². The van der Waals surface area contributed by atoms with Gasteiger partial charge in [-0.15, -0.1) is 0 Å². The van der Waals surface area contributed by atoms with Gasteiger partial charge in [0.2, 0.25) is 0 Å². The lowest BCUT2D eigenvalue weighted by molar-refractivity contribution is 0.102. The summed E-state index contributed by atoms with van der Waals surface area (Å²) in [5.74, 6) is -0.129. The minimum atomic E-state index is -0.129. The number of carbonyl (C=O) groups is 1. The molecule has 0 atom stereocenters. The van der Waals surface area contributed by atoms with E-state index in [-0.39, 0.29) is 5.91 Å². The molecule has 33 heavy (non-hydrogen) atoms. The van der Waals surface area contributed by atoms with Gasteiger partial charge in [-0.05, 0) is 90.9 Å². The molecule has 0 spiro atoms. The van der Waals surface area contributed by atoms with Crippen molar-refractivity contribution in [3.8, 4) is 17.2 Å². The summed E-state index contributed by atoms with van der Waals surface area (Å²) >= 11 is 0. The van der Waals surface area contributed by atoms with Gasteiger partial charge in [0, 0.05) is 17.8 Å². The number of benzene rings is 3. The van der Waals surface area contributed by atoms with Crippen molar-refractivity contribution in [2.45, 2.75) is 25.7 Å². The maximum Gasteiger partial charge on any atom is 0.255 e. The molecular formula is C29H27N3O. The predicted molar refractivity (Wildman–Crippen MR) is 133 cm³/mol. The average Bonchev–Trinajstić information content (AvgIpc) is 3.38. The van der Waals surface area contributed by atoms with Crippen molar-refractivity contribution in [1.82, 2.24) is 4.90 Å². The summed E-state index contributed by atoms with van der Waals surface area (Å²) < 4.78 is 0. The van der Waals surface area contributed by atoms with E-state index in [9.17, 15) is 10.1 Å². The van der Waals surface area contributed by atoms with Crippen molar-refractivity contribution in [2.24, 2.45) is 0 Å². The molecule has 4 nitrogen and oxygen atoms in total. The number of hydrogen-bond donors (Lipinski definition) is 1. The van der Waals surface area contributed by atoms with Gasteiger partial charge in [-0.1, -0.05) is 48.5 Å². The zero-order chi connectivity index (χ0) is 22.6. The van der Waals surface area contributed by atoms with Gasteiger partial charge < -0.3 is 5.32 Å². The quantitative estimate of drug-likeness (QED) is 0.543. The molecule has 3 aromatic carbocycles. The Kier molecular flexibility index (Phi) is 6.06. The van der Waals surface area contributed by atoms with E-state index < -0.39 is 0 Å². The number of hydrogen-bond acceptors (Lipinski definition) is 3. The number of allylic oxidation sites excluding steroid dienone is 1.